The zero-order valence-corrected chi connectivity index (χ0v) is 18.2. The van der Waals surface area contributed by atoms with Crippen LogP contribution in [0.2, 0.25) is 10.0 Å². The van der Waals surface area contributed by atoms with Crippen molar-refractivity contribution in [3.63, 3.8) is 0 Å². The Hall–Kier alpha value is -1.89. The van der Waals surface area contributed by atoms with Crippen molar-refractivity contribution < 1.29 is 28.0 Å². The van der Waals surface area contributed by atoms with Crippen LogP contribution in [-0.4, -0.2) is 31.2 Å². The van der Waals surface area contributed by atoms with Gasteiger partial charge in [0, 0.05) is 5.56 Å². The lowest BCUT2D eigenvalue weighted by atomic mass is 10.2. The van der Waals surface area contributed by atoms with Gasteiger partial charge in [-0.2, -0.15) is 0 Å². The Bertz CT molecular complexity index is 897. The lowest BCUT2D eigenvalue weighted by molar-refractivity contribution is -0.145. The average molecular weight is 460 g/mol. The van der Waals surface area contributed by atoms with Gasteiger partial charge in [-0.3, -0.25) is 4.57 Å². The number of halogens is 2. The first kappa shape index (κ1) is 23.4. The molecular formula is C19H20Cl2NO6P. The van der Waals surface area contributed by atoms with Crippen molar-refractivity contribution in [3.8, 4) is 5.75 Å². The van der Waals surface area contributed by atoms with Crippen molar-refractivity contribution in [2.75, 3.05) is 19.8 Å². The van der Waals surface area contributed by atoms with Crippen LogP contribution in [0.3, 0.4) is 0 Å². The van der Waals surface area contributed by atoms with E-state index in [1.165, 1.54) is 18.2 Å². The average Bonchev–Trinajstić information content (AvgIpc) is 2.70. The summed E-state index contributed by atoms with van der Waals surface area (Å²) in [6.45, 7) is 3.08. The summed E-state index contributed by atoms with van der Waals surface area (Å²) in [4.78, 5) is 16.9. The maximum Gasteiger partial charge on any atom is 0.383 e. The Morgan fingerprint density at radius 2 is 1.66 bits per heavy atom. The van der Waals surface area contributed by atoms with Crippen LogP contribution >= 0.6 is 30.8 Å². The van der Waals surface area contributed by atoms with Gasteiger partial charge < -0.3 is 18.6 Å². The summed E-state index contributed by atoms with van der Waals surface area (Å²) in [5, 5.41) is 4.26. The first-order valence-electron chi connectivity index (χ1n) is 8.70. The predicted octanol–water partition coefficient (Wildman–Crippen LogP) is 5.54. The molecule has 29 heavy (non-hydrogen) atoms. The molecule has 7 nitrogen and oxygen atoms in total. The monoisotopic (exact) mass is 459 g/mol. The summed E-state index contributed by atoms with van der Waals surface area (Å²) in [7, 11) is -3.89. The molecule has 0 aliphatic heterocycles. The molecule has 0 unspecified atom stereocenters. The summed E-state index contributed by atoms with van der Waals surface area (Å²) >= 11 is 12.0. The van der Waals surface area contributed by atoms with Crippen molar-refractivity contribution in [1.29, 1.82) is 0 Å². The minimum atomic E-state index is -3.89. The van der Waals surface area contributed by atoms with Gasteiger partial charge in [0.1, 0.15) is 5.75 Å². The molecule has 0 amide bonds. The Balaban J connectivity index is 2.26. The van der Waals surface area contributed by atoms with Gasteiger partial charge in [-0.15, -0.1) is 0 Å². The largest absolute Gasteiger partial charge is 0.482 e. The first-order valence-corrected chi connectivity index (χ1v) is 11.0. The molecule has 0 aromatic heterocycles. The second-order valence-electron chi connectivity index (χ2n) is 5.44. The minimum absolute atomic E-state index is 0.0860. The van der Waals surface area contributed by atoms with E-state index >= 15 is 0 Å². The third-order valence-electron chi connectivity index (χ3n) is 3.37. The van der Waals surface area contributed by atoms with Crippen molar-refractivity contribution in [2.24, 2.45) is 5.16 Å². The van der Waals surface area contributed by atoms with Crippen LogP contribution in [0.15, 0.2) is 53.7 Å². The predicted molar refractivity (Wildman–Crippen MR) is 112 cm³/mol. The smallest absolute Gasteiger partial charge is 0.383 e. The normalized spacial score (nSPS) is 11.9. The van der Waals surface area contributed by atoms with Crippen LogP contribution in [0, 0.1) is 0 Å². The molecule has 0 saturated heterocycles. The maximum atomic E-state index is 13.2. The molecule has 156 valence electrons. The van der Waals surface area contributed by atoms with Gasteiger partial charge in [0.15, 0.2) is 12.1 Å². The standard InChI is InChI=1S/C19H20Cl2NO6P/c1-3-26-29(24,27-4-2)19(14-10-11-16(20)17(21)12-14)22-28-18(23)13-25-15-8-6-5-7-9-15/h5-12H,3-4,13H2,1-2H3. The van der Waals surface area contributed by atoms with Gasteiger partial charge in [-0.25, -0.2) is 4.79 Å². The zero-order chi connectivity index (χ0) is 21.3. The Kier molecular flexibility index (Phi) is 9.14. The second kappa shape index (κ2) is 11.3. The van der Waals surface area contributed by atoms with Crippen LogP contribution in [-0.2, 0) is 23.2 Å². The van der Waals surface area contributed by atoms with E-state index in [-0.39, 0.29) is 29.3 Å². The number of carbonyl (C=O) groups excluding carboxylic acids is 1. The molecule has 10 heteroatoms. The molecule has 0 heterocycles. The van der Waals surface area contributed by atoms with E-state index in [1.807, 2.05) is 6.07 Å². The number of ether oxygens (including phenoxy) is 1. The van der Waals surface area contributed by atoms with E-state index in [9.17, 15) is 9.36 Å². The van der Waals surface area contributed by atoms with Crippen LogP contribution in [0.1, 0.15) is 19.4 Å². The van der Waals surface area contributed by atoms with E-state index in [0.717, 1.165) is 0 Å². The van der Waals surface area contributed by atoms with Gasteiger partial charge in [0.25, 0.3) is 0 Å². The summed E-state index contributed by atoms with van der Waals surface area (Å²) in [5.74, 6) is -0.307. The molecule has 0 radical (unpaired) electrons. The van der Waals surface area contributed by atoms with E-state index in [4.69, 9.17) is 41.8 Å². The Labute approximate surface area is 179 Å². The highest BCUT2D eigenvalue weighted by molar-refractivity contribution is 7.73. The SMILES string of the molecule is CCOP(=O)(OCC)C(=NOC(=O)COc1ccccc1)c1ccc(Cl)c(Cl)c1. The number of carbonyl (C=O) groups is 1. The van der Waals surface area contributed by atoms with Gasteiger partial charge in [-0.05, 0) is 38.1 Å². The van der Waals surface area contributed by atoms with Crippen LogP contribution in [0.4, 0.5) is 0 Å². The second-order valence-corrected chi connectivity index (χ2v) is 8.19. The first-order chi connectivity index (χ1) is 13.9. The number of nitrogens with zero attached hydrogens (tertiary/aromatic N) is 1. The fourth-order valence-corrected chi connectivity index (χ4v) is 4.07. The fourth-order valence-electron chi connectivity index (χ4n) is 2.17. The number of oxime groups is 1. The molecule has 0 bridgehead atoms. The number of hydrogen-bond donors (Lipinski definition) is 0. The van der Waals surface area contributed by atoms with E-state index < -0.39 is 20.2 Å². The van der Waals surface area contributed by atoms with Crippen LogP contribution < -0.4 is 4.74 Å². The molecular weight excluding hydrogens is 440 g/mol. The third-order valence-corrected chi connectivity index (χ3v) is 6.16. The lowest BCUT2D eigenvalue weighted by Crippen LogP contribution is -2.15. The molecule has 0 aliphatic carbocycles. The highest BCUT2D eigenvalue weighted by Gasteiger charge is 2.34. The maximum absolute atomic E-state index is 13.2. The number of para-hydroxylation sites is 1. The summed E-state index contributed by atoms with van der Waals surface area (Å²) in [6, 6.07) is 13.2. The van der Waals surface area contributed by atoms with Crippen LogP contribution in [0.5, 0.6) is 5.75 Å². The van der Waals surface area contributed by atoms with Crippen molar-refractivity contribution in [1.82, 2.24) is 0 Å². The molecule has 2 rings (SSSR count). The van der Waals surface area contributed by atoms with Gasteiger partial charge >= 0.3 is 13.6 Å². The third kappa shape index (κ3) is 6.84. The Morgan fingerprint density at radius 3 is 2.24 bits per heavy atom. The van der Waals surface area contributed by atoms with Gasteiger partial charge in [0.05, 0.1) is 23.3 Å². The fraction of sp³-hybridized carbons (Fsp3) is 0.263. The van der Waals surface area contributed by atoms with Crippen molar-refractivity contribution >= 4 is 42.2 Å². The topological polar surface area (TPSA) is 83.4 Å². The lowest BCUT2D eigenvalue weighted by Gasteiger charge is -2.18. The molecule has 0 fully saturated rings. The highest BCUT2D eigenvalue weighted by Crippen LogP contribution is 2.52. The molecule has 0 spiro atoms. The molecule has 0 saturated carbocycles. The van der Waals surface area contributed by atoms with Crippen molar-refractivity contribution in [3.05, 3.63) is 64.1 Å². The summed E-state index contributed by atoms with van der Waals surface area (Å²) < 4.78 is 29.2. The quantitative estimate of drug-likeness (QED) is 0.200. The molecule has 0 N–H and O–H groups in total. The molecule has 2 aromatic carbocycles. The van der Waals surface area contributed by atoms with E-state index in [2.05, 4.69) is 5.16 Å². The zero-order valence-electron chi connectivity index (χ0n) is 15.8. The molecule has 2 aromatic rings. The van der Waals surface area contributed by atoms with Crippen molar-refractivity contribution in [2.45, 2.75) is 13.8 Å². The summed E-state index contributed by atoms with van der Waals surface area (Å²) in [5.41, 5.74) is 0.0780. The highest BCUT2D eigenvalue weighted by atomic mass is 35.5. The minimum Gasteiger partial charge on any atom is -0.482 e. The van der Waals surface area contributed by atoms with Gasteiger partial charge in [-0.1, -0.05) is 52.6 Å². The van der Waals surface area contributed by atoms with Crippen LogP contribution in [0.25, 0.3) is 0 Å². The van der Waals surface area contributed by atoms with E-state index in [0.29, 0.717) is 10.8 Å². The molecule has 0 atom stereocenters. The number of hydrogen-bond acceptors (Lipinski definition) is 7. The number of rotatable bonds is 10. The number of benzene rings is 2. The van der Waals surface area contributed by atoms with Gasteiger partial charge in [0.2, 0.25) is 0 Å². The summed E-state index contributed by atoms with van der Waals surface area (Å²) in [6.07, 6.45) is 0. The molecule has 0 aliphatic rings. The van der Waals surface area contributed by atoms with E-state index in [1.54, 1.807) is 38.1 Å². The Morgan fingerprint density at radius 1 is 1.00 bits per heavy atom.